The van der Waals surface area contributed by atoms with Crippen molar-refractivity contribution in [1.82, 2.24) is 25.1 Å². The number of anilines is 2. The van der Waals surface area contributed by atoms with Crippen LogP contribution in [-0.2, 0) is 27.2 Å². The average molecular weight is 524 g/mol. The largest absolute Gasteiger partial charge is 0.378 e. The van der Waals surface area contributed by atoms with E-state index >= 15 is 0 Å². The van der Waals surface area contributed by atoms with Crippen LogP contribution in [0.4, 0.5) is 16.3 Å². The number of rotatable bonds is 6. The minimum atomic E-state index is -0.236. The van der Waals surface area contributed by atoms with Gasteiger partial charge < -0.3 is 29.9 Å². The molecule has 4 heterocycles. The molecule has 2 N–H and O–H groups in total. The molecule has 0 bridgehead atoms. The Hall–Kier alpha value is -3.28. The maximum Gasteiger partial charge on any atom is 0.319 e. The number of benzene rings is 1. The number of nitrogens with one attached hydrogen (secondary N) is 2. The fourth-order valence-corrected chi connectivity index (χ4v) is 5.15. The molecule has 1 aromatic heterocycles. The highest BCUT2D eigenvalue weighted by molar-refractivity contribution is 5.89. The van der Waals surface area contributed by atoms with Crippen molar-refractivity contribution in [2.24, 2.45) is 0 Å². The summed E-state index contributed by atoms with van der Waals surface area (Å²) < 4.78 is 11.1. The van der Waals surface area contributed by atoms with Crippen molar-refractivity contribution in [2.45, 2.75) is 32.9 Å². The van der Waals surface area contributed by atoms with Crippen LogP contribution in [0.2, 0.25) is 0 Å². The molecule has 0 aliphatic carbocycles. The summed E-state index contributed by atoms with van der Waals surface area (Å²) in [6, 6.07) is 7.55. The standard InChI is InChI=1S/C27H37N7O4/c1-3-28-27(36)29-21-6-4-20(5-7-21)25-30-23-16-32(17-24(35)33-10-13-37-14-11-33)9-8-22(23)26(31-25)34-12-15-38-18-19(34)2/h4-7,19H,3,8-18H2,1-2H3,(H2,28,29,36). The molecule has 3 aliphatic rings. The molecule has 3 amide bonds. The quantitative estimate of drug-likeness (QED) is 0.589. The van der Waals surface area contributed by atoms with E-state index in [-0.39, 0.29) is 18.0 Å². The summed E-state index contributed by atoms with van der Waals surface area (Å²) in [6.07, 6.45) is 0.792. The number of hydrogen-bond acceptors (Lipinski definition) is 8. The van der Waals surface area contributed by atoms with Crippen molar-refractivity contribution in [3.63, 3.8) is 0 Å². The van der Waals surface area contributed by atoms with Crippen LogP contribution < -0.4 is 15.5 Å². The van der Waals surface area contributed by atoms with Crippen LogP contribution in [0.3, 0.4) is 0 Å². The molecule has 1 atom stereocenters. The van der Waals surface area contributed by atoms with E-state index in [0.717, 1.165) is 42.1 Å². The van der Waals surface area contributed by atoms with Crippen LogP contribution in [0.5, 0.6) is 0 Å². The van der Waals surface area contributed by atoms with Crippen LogP contribution >= 0.6 is 0 Å². The second kappa shape index (κ2) is 12.1. The van der Waals surface area contributed by atoms with Crippen molar-refractivity contribution >= 4 is 23.4 Å². The van der Waals surface area contributed by atoms with Crippen LogP contribution in [0.1, 0.15) is 25.1 Å². The molecule has 1 unspecified atom stereocenters. The van der Waals surface area contributed by atoms with Crippen LogP contribution in [0.15, 0.2) is 24.3 Å². The summed E-state index contributed by atoms with van der Waals surface area (Å²) in [5.41, 5.74) is 3.70. The van der Waals surface area contributed by atoms with E-state index in [1.807, 2.05) is 36.1 Å². The van der Waals surface area contributed by atoms with Crippen LogP contribution in [-0.4, -0.2) is 103 Å². The molecule has 11 nitrogen and oxygen atoms in total. The summed E-state index contributed by atoms with van der Waals surface area (Å²) in [4.78, 5) is 41.3. The first-order valence-electron chi connectivity index (χ1n) is 13.5. The van der Waals surface area contributed by atoms with Gasteiger partial charge in [0.15, 0.2) is 5.82 Å². The molecular formula is C27H37N7O4. The molecule has 204 valence electrons. The van der Waals surface area contributed by atoms with Crippen LogP contribution in [0.25, 0.3) is 11.4 Å². The lowest BCUT2D eigenvalue weighted by Crippen LogP contribution is -2.47. The summed E-state index contributed by atoms with van der Waals surface area (Å²) in [5.74, 6) is 1.75. The maximum atomic E-state index is 12.9. The minimum Gasteiger partial charge on any atom is -0.378 e. The lowest BCUT2D eigenvalue weighted by atomic mass is 10.0. The first-order valence-corrected chi connectivity index (χ1v) is 13.5. The van der Waals surface area contributed by atoms with Gasteiger partial charge in [-0.25, -0.2) is 14.8 Å². The van der Waals surface area contributed by atoms with Crippen molar-refractivity contribution < 1.29 is 19.1 Å². The molecule has 0 saturated carbocycles. The van der Waals surface area contributed by atoms with Gasteiger partial charge in [0.05, 0.1) is 44.7 Å². The predicted octanol–water partition coefficient (Wildman–Crippen LogP) is 1.73. The first-order chi connectivity index (χ1) is 18.5. The molecule has 2 saturated heterocycles. The normalized spacial score (nSPS) is 20.1. The van der Waals surface area contributed by atoms with E-state index in [1.165, 1.54) is 0 Å². The lowest BCUT2D eigenvalue weighted by Gasteiger charge is -2.38. The van der Waals surface area contributed by atoms with Gasteiger partial charge in [-0.2, -0.15) is 0 Å². The van der Waals surface area contributed by atoms with Gasteiger partial charge in [-0.3, -0.25) is 9.69 Å². The number of hydrogen-bond donors (Lipinski definition) is 2. The predicted molar refractivity (Wildman–Crippen MR) is 144 cm³/mol. The van der Waals surface area contributed by atoms with Gasteiger partial charge in [-0.1, -0.05) is 0 Å². The van der Waals surface area contributed by atoms with Crippen molar-refractivity contribution in [1.29, 1.82) is 0 Å². The van der Waals surface area contributed by atoms with Crippen LogP contribution in [0, 0.1) is 0 Å². The van der Waals surface area contributed by atoms with Gasteiger partial charge in [0.2, 0.25) is 5.91 Å². The smallest absolute Gasteiger partial charge is 0.319 e. The molecule has 0 spiro atoms. The molecule has 2 aromatic rings. The van der Waals surface area contributed by atoms with Gasteiger partial charge in [0, 0.05) is 56.1 Å². The number of ether oxygens (including phenoxy) is 2. The highest BCUT2D eigenvalue weighted by atomic mass is 16.5. The molecule has 3 aliphatic heterocycles. The van der Waals surface area contributed by atoms with Crippen molar-refractivity contribution in [2.75, 3.05) is 75.9 Å². The monoisotopic (exact) mass is 523 g/mol. The third kappa shape index (κ3) is 6.06. The zero-order valence-corrected chi connectivity index (χ0v) is 22.2. The van der Waals surface area contributed by atoms with E-state index < -0.39 is 0 Å². The number of carbonyl (C=O) groups excluding carboxylic acids is 2. The van der Waals surface area contributed by atoms with Gasteiger partial charge >= 0.3 is 6.03 Å². The Labute approximate surface area is 223 Å². The molecule has 0 radical (unpaired) electrons. The SMILES string of the molecule is CCNC(=O)Nc1ccc(-c2nc3c(c(N4CCOCC4C)n2)CCN(CC(=O)N2CCOCC2)C3)cc1. The summed E-state index contributed by atoms with van der Waals surface area (Å²) >= 11 is 0. The van der Waals surface area contributed by atoms with E-state index in [9.17, 15) is 9.59 Å². The second-order valence-corrected chi connectivity index (χ2v) is 9.93. The fraction of sp³-hybridized carbons (Fsp3) is 0.556. The maximum absolute atomic E-state index is 12.9. The Morgan fingerprint density at radius 1 is 1.03 bits per heavy atom. The van der Waals surface area contributed by atoms with Crippen molar-refractivity contribution in [3.8, 4) is 11.4 Å². The summed E-state index contributed by atoms with van der Waals surface area (Å²) in [6.45, 7) is 11.0. The highest BCUT2D eigenvalue weighted by Gasteiger charge is 2.30. The Morgan fingerprint density at radius 3 is 2.53 bits per heavy atom. The van der Waals surface area contributed by atoms with E-state index in [0.29, 0.717) is 70.7 Å². The average Bonchev–Trinajstić information content (AvgIpc) is 2.93. The van der Waals surface area contributed by atoms with E-state index in [2.05, 4.69) is 27.4 Å². The molecule has 2 fully saturated rings. The Balaban J connectivity index is 1.40. The molecule has 11 heteroatoms. The molecule has 1 aromatic carbocycles. The van der Waals surface area contributed by atoms with Crippen molar-refractivity contribution in [3.05, 3.63) is 35.5 Å². The third-order valence-electron chi connectivity index (χ3n) is 7.22. The zero-order chi connectivity index (χ0) is 26.5. The first kappa shape index (κ1) is 26.3. The van der Waals surface area contributed by atoms with E-state index in [4.69, 9.17) is 19.4 Å². The number of aromatic nitrogens is 2. The molecule has 5 rings (SSSR count). The summed E-state index contributed by atoms with van der Waals surface area (Å²) in [5, 5.41) is 5.56. The van der Waals surface area contributed by atoms with E-state index in [1.54, 1.807) is 0 Å². The van der Waals surface area contributed by atoms with Gasteiger partial charge in [-0.15, -0.1) is 0 Å². The third-order valence-corrected chi connectivity index (χ3v) is 7.22. The minimum absolute atomic E-state index is 0.142. The molecule has 38 heavy (non-hydrogen) atoms. The number of urea groups is 1. The van der Waals surface area contributed by atoms with Gasteiger partial charge in [0.1, 0.15) is 5.82 Å². The number of amides is 3. The zero-order valence-electron chi connectivity index (χ0n) is 22.2. The number of fused-ring (bicyclic) bond motifs is 1. The number of carbonyl (C=O) groups is 2. The number of nitrogens with zero attached hydrogens (tertiary/aromatic N) is 5. The van der Waals surface area contributed by atoms with Gasteiger partial charge in [0.25, 0.3) is 0 Å². The highest BCUT2D eigenvalue weighted by Crippen LogP contribution is 2.31. The second-order valence-electron chi connectivity index (χ2n) is 9.93. The topological polar surface area (TPSA) is 112 Å². The fourth-order valence-electron chi connectivity index (χ4n) is 5.15. The summed E-state index contributed by atoms with van der Waals surface area (Å²) in [7, 11) is 0. The lowest BCUT2D eigenvalue weighted by molar-refractivity contribution is -0.136. The Bertz CT molecular complexity index is 1140. The molecular weight excluding hydrogens is 486 g/mol. The van der Waals surface area contributed by atoms with Gasteiger partial charge in [-0.05, 0) is 44.5 Å². The Morgan fingerprint density at radius 2 is 1.79 bits per heavy atom. The Kier molecular flexibility index (Phi) is 8.35. The number of morpholine rings is 2.